The predicted octanol–water partition coefficient (Wildman–Crippen LogP) is 5.39. The Bertz CT molecular complexity index is 1280. The number of methoxy groups -OCH3 is 1. The number of hydrogen-bond acceptors (Lipinski definition) is 5. The average Bonchev–Trinajstić information content (AvgIpc) is 2.78. The van der Waals surface area contributed by atoms with Gasteiger partial charge in [0.2, 0.25) is 0 Å². The highest BCUT2D eigenvalue weighted by Crippen LogP contribution is 2.26. The van der Waals surface area contributed by atoms with Crippen LogP contribution in [0.4, 0.5) is 11.4 Å². The van der Waals surface area contributed by atoms with Crippen LogP contribution in [0.2, 0.25) is 0 Å². The fourth-order valence-electron chi connectivity index (χ4n) is 3.30. The van der Waals surface area contributed by atoms with Crippen molar-refractivity contribution in [2.45, 2.75) is 13.8 Å². The molecule has 0 bridgehead atoms. The maximum atomic E-state index is 13.1. The summed E-state index contributed by atoms with van der Waals surface area (Å²) in [6, 6.07) is 16.1. The van der Waals surface area contributed by atoms with Gasteiger partial charge in [0.1, 0.15) is 11.4 Å². The Labute approximate surface area is 204 Å². The van der Waals surface area contributed by atoms with Crippen LogP contribution in [0.25, 0.3) is 6.08 Å². The van der Waals surface area contributed by atoms with Crippen molar-refractivity contribution in [1.82, 2.24) is 5.32 Å². The van der Waals surface area contributed by atoms with E-state index in [2.05, 4.69) is 26.6 Å². The number of non-ortho nitro benzene ring substituents is 1. The molecule has 0 aliphatic rings. The van der Waals surface area contributed by atoms with E-state index in [-0.39, 0.29) is 16.9 Å². The molecule has 0 fully saturated rings. The van der Waals surface area contributed by atoms with Crippen molar-refractivity contribution in [3.63, 3.8) is 0 Å². The van der Waals surface area contributed by atoms with E-state index < -0.39 is 16.7 Å². The highest BCUT2D eigenvalue weighted by atomic mass is 79.9. The van der Waals surface area contributed by atoms with Gasteiger partial charge in [0.05, 0.1) is 16.5 Å². The number of nitro groups is 1. The lowest BCUT2D eigenvalue weighted by atomic mass is 10.1. The van der Waals surface area contributed by atoms with E-state index in [4.69, 9.17) is 4.74 Å². The fraction of sp³-hybridized carbons (Fsp3) is 0.120. The molecule has 0 radical (unpaired) electrons. The van der Waals surface area contributed by atoms with E-state index in [1.54, 1.807) is 36.4 Å². The van der Waals surface area contributed by atoms with Gasteiger partial charge in [-0.3, -0.25) is 19.7 Å². The van der Waals surface area contributed by atoms with Crippen LogP contribution in [0.5, 0.6) is 5.75 Å². The van der Waals surface area contributed by atoms with E-state index in [9.17, 15) is 19.7 Å². The van der Waals surface area contributed by atoms with Gasteiger partial charge in [-0.2, -0.15) is 0 Å². The second-order valence-corrected chi connectivity index (χ2v) is 8.40. The molecule has 0 heterocycles. The fourth-order valence-corrected chi connectivity index (χ4v) is 3.84. The van der Waals surface area contributed by atoms with Crippen LogP contribution in [0.3, 0.4) is 0 Å². The number of rotatable bonds is 7. The Hall–Kier alpha value is -3.98. The summed E-state index contributed by atoms with van der Waals surface area (Å²) in [5.41, 5.74) is 2.96. The van der Waals surface area contributed by atoms with Gasteiger partial charge in [-0.1, -0.05) is 18.2 Å². The third kappa shape index (κ3) is 6.29. The second-order valence-electron chi connectivity index (χ2n) is 7.54. The minimum atomic E-state index is -0.572. The first kappa shape index (κ1) is 24.7. The third-order valence-electron chi connectivity index (χ3n) is 4.78. The molecule has 0 atom stereocenters. The van der Waals surface area contributed by atoms with Gasteiger partial charge in [-0.15, -0.1) is 0 Å². The quantitative estimate of drug-likeness (QED) is 0.245. The maximum Gasteiger partial charge on any atom is 0.272 e. The van der Waals surface area contributed by atoms with E-state index in [1.807, 2.05) is 19.9 Å². The number of ether oxygens (including phenoxy) is 1. The van der Waals surface area contributed by atoms with Crippen LogP contribution < -0.4 is 15.4 Å². The van der Waals surface area contributed by atoms with Gasteiger partial charge >= 0.3 is 0 Å². The van der Waals surface area contributed by atoms with Crippen LogP contribution in [0, 0.1) is 24.0 Å². The third-order valence-corrected chi connectivity index (χ3v) is 5.40. The Morgan fingerprint density at radius 1 is 1.03 bits per heavy atom. The molecule has 2 N–H and O–H groups in total. The first-order valence-corrected chi connectivity index (χ1v) is 11.0. The van der Waals surface area contributed by atoms with E-state index in [0.29, 0.717) is 21.5 Å². The zero-order chi connectivity index (χ0) is 24.8. The molecule has 0 saturated carbocycles. The van der Waals surface area contributed by atoms with Gasteiger partial charge in [0.25, 0.3) is 17.5 Å². The molecule has 34 heavy (non-hydrogen) atoms. The van der Waals surface area contributed by atoms with Crippen molar-refractivity contribution in [2.75, 3.05) is 12.4 Å². The first-order chi connectivity index (χ1) is 16.2. The number of carbonyl (C=O) groups is 2. The van der Waals surface area contributed by atoms with E-state index in [1.165, 1.54) is 31.4 Å². The topological polar surface area (TPSA) is 111 Å². The normalized spacial score (nSPS) is 11.0. The molecule has 0 aliphatic heterocycles. The summed E-state index contributed by atoms with van der Waals surface area (Å²) in [5.74, 6) is -0.551. The molecule has 174 valence electrons. The molecule has 0 unspecified atom stereocenters. The van der Waals surface area contributed by atoms with Crippen molar-refractivity contribution in [3.05, 3.63) is 103 Å². The number of amides is 2. The number of benzene rings is 3. The Morgan fingerprint density at radius 2 is 1.74 bits per heavy atom. The van der Waals surface area contributed by atoms with Crippen LogP contribution in [0.15, 0.2) is 70.8 Å². The first-order valence-electron chi connectivity index (χ1n) is 10.2. The van der Waals surface area contributed by atoms with E-state index >= 15 is 0 Å². The lowest BCUT2D eigenvalue weighted by Crippen LogP contribution is -2.30. The molecule has 3 aromatic rings. The summed E-state index contributed by atoms with van der Waals surface area (Å²) in [6.07, 6.45) is 1.39. The Balaban J connectivity index is 1.96. The van der Waals surface area contributed by atoms with Crippen molar-refractivity contribution in [1.29, 1.82) is 0 Å². The lowest BCUT2D eigenvalue weighted by molar-refractivity contribution is -0.384. The minimum absolute atomic E-state index is 0.0726. The number of nitrogens with one attached hydrogen (secondary N) is 2. The van der Waals surface area contributed by atoms with Crippen LogP contribution in [-0.4, -0.2) is 23.8 Å². The number of anilines is 1. The monoisotopic (exact) mass is 523 g/mol. The molecule has 9 heteroatoms. The Morgan fingerprint density at radius 3 is 2.35 bits per heavy atom. The van der Waals surface area contributed by atoms with Crippen molar-refractivity contribution < 1.29 is 19.2 Å². The molecule has 3 aromatic carbocycles. The van der Waals surface area contributed by atoms with Gasteiger partial charge in [-0.25, -0.2) is 0 Å². The van der Waals surface area contributed by atoms with Crippen LogP contribution in [-0.2, 0) is 4.79 Å². The van der Waals surface area contributed by atoms with Crippen LogP contribution in [0.1, 0.15) is 27.0 Å². The summed E-state index contributed by atoms with van der Waals surface area (Å²) < 4.78 is 5.76. The molecule has 3 rings (SSSR count). The largest absolute Gasteiger partial charge is 0.496 e. The molecule has 0 aromatic heterocycles. The summed E-state index contributed by atoms with van der Waals surface area (Å²) in [4.78, 5) is 36.7. The summed E-state index contributed by atoms with van der Waals surface area (Å²) in [5, 5.41) is 16.6. The SMILES string of the molecule is COc1ccc(C(=O)NC(=Cc2cccc([N+](=O)[O-])c2)C(=O)Nc2cc(C)cc(C)c2)cc1Br. The molecule has 2 amide bonds. The smallest absolute Gasteiger partial charge is 0.272 e. The number of carbonyl (C=O) groups excluding carboxylic acids is 2. The molecule has 0 aliphatic carbocycles. The summed E-state index contributed by atoms with van der Waals surface area (Å²) in [6.45, 7) is 3.82. The highest BCUT2D eigenvalue weighted by molar-refractivity contribution is 9.10. The average molecular weight is 524 g/mol. The predicted molar refractivity (Wildman–Crippen MR) is 134 cm³/mol. The zero-order valence-corrected chi connectivity index (χ0v) is 20.3. The van der Waals surface area contributed by atoms with Gasteiger partial charge < -0.3 is 15.4 Å². The van der Waals surface area contributed by atoms with Crippen molar-refractivity contribution in [3.8, 4) is 5.75 Å². The van der Waals surface area contributed by atoms with Gasteiger partial charge in [0, 0.05) is 23.4 Å². The highest BCUT2D eigenvalue weighted by Gasteiger charge is 2.17. The maximum absolute atomic E-state index is 13.1. The zero-order valence-electron chi connectivity index (χ0n) is 18.7. The minimum Gasteiger partial charge on any atom is -0.496 e. The van der Waals surface area contributed by atoms with Crippen molar-refractivity contribution in [2.24, 2.45) is 0 Å². The molecule has 0 saturated heterocycles. The number of nitrogens with zero attached hydrogens (tertiary/aromatic N) is 1. The Kier molecular flexibility index (Phi) is 7.80. The molecular weight excluding hydrogens is 502 g/mol. The van der Waals surface area contributed by atoms with Gasteiger partial charge in [-0.05, 0) is 82.9 Å². The number of hydrogen-bond donors (Lipinski definition) is 2. The molecule has 8 nitrogen and oxygen atoms in total. The van der Waals surface area contributed by atoms with Gasteiger partial charge in [0.15, 0.2) is 0 Å². The number of aryl methyl sites for hydroxylation is 2. The number of halogens is 1. The molecular formula is C25H22BrN3O5. The van der Waals surface area contributed by atoms with Crippen LogP contribution >= 0.6 is 15.9 Å². The van der Waals surface area contributed by atoms with E-state index in [0.717, 1.165) is 11.1 Å². The standard InChI is InChI=1S/C25H22BrN3O5/c1-15-9-16(2)11-19(10-15)27-25(31)22(13-17-5-4-6-20(12-17)29(32)33)28-24(30)18-7-8-23(34-3)21(26)14-18/h4-14H,1-3H3,(H,27,31)(H,28,30). The second kappa shape index (κ2) is 10.8. The number of nitro benzene ring substituents is 1. The molecule has 0 spiro atoms. The summed E-state index contributed by atoms with van der Waals surface area (Å²) in [7, 11) is 1.51. The van der Waals surface area contributed by atoms with Crippen molar-refractivity contribution >= 4 is 45.2 Å². The lowest BCUT2D eigenvalue weighted by Gasteiger charge is -2.13. The summed E-state index contributed by atoms with van der Waals surface area (Å²) >= 11 is 3.34.